The normalized spacial score (nSPS) is 16.5. The third-order valence-electron chi connectivity index (χ3n) is 5.88. The number of H-pyrrole nitrogens is 1. The van der Waals surface area contributed by atoms with Crippen molar-refractivity contribution >= 4 is 50.5 Å². The highest BCUT2D eigenvalue weighted by Crippen LogP contribution is 2.32. The third kappa shape index (κ3) is 4.33. The molecule has 5 rings (SSSR count). The Morgan fingerprint density at radius 3 is 2.97 bits per heavy atom. The number of aryl methyl sites for hydroxylation is 1. The van der Waals surface area contributed by atoms with Gasteiger partial charge < -0.3 is 15.6 Å². The van der Waals surface area contributed by atoms with Gasteiger partial charge in [-0.1, -0.05) is 31.2 Å². The van der Waals surface area contributed by atoms with Crippen molar-refractivity contribution in [1.82, 2.24) is 15.3 Å². The van der Waals surface area contributed by atoms with Crippen LogP contribution < -0.4 is 10.6 Å². The molecule has 0 spiro atoms. The summed E-state index contributed by atoms with van der Waals surface area (Å²) in [4.78, 5) is 35.8. The van der Waals surface area contributed by atoms with Gasteiger partial charge >= 0.3 is 0 Å². The third-order valence-corrected chi connectivity index (χ3v) is 7.79. The first-order valence-electron chi connectivity index (χ1n) is 10.8. The van der Waals surface area contributed by atoms with Gasteiger partial charge in [0.1, 0.15) is 6.04 Å². The highest BCUT2D eigenvalue weighted by Gasteiger charge is 2.26. The number of hydrogen-bond acceptors (Lipinski definition) is 5. The van der Waals surface area contributed by atoms with E-state index in [0.29, 0.717) is 22.3 Å². The van der Waals surface area contributed by atoms with Crippen molar-refractivity contribution in [2.45, 2.75) is 38.6 Å². The number of hydrogen-bond donors (Lipinski definition) is 3. The van der Waals surface area contributed by atoms with E-state index < -0.39 is 6.04 Å². The minimum absolute atomic E-state index is 0.243. The zero-order chi connectivity index (χ0) is 22.1. The van der Waals surface area contributed by atoms with Gasteiger partial charge in [0.2, 0.25) is 5.91 Å². The molecule has 32 heavy (non-hydrogen) atoms. The summed E-state index contributed by atoms with van der Waals surface area (Å²) in [5, 5.41) is 9.42. The van der Waals surface area contributed by atoms with Crippen molar-refractivity contribution in [3.8, 4) is 0 Å². The maximum absolute atomic E-state index is 13.3. The molecular weight excluding hydrogens is 440 g/mol. The molecule has 0 radical (unpaired) electrons. The summed E-state index contributed by atoms with van der Waals surface area (Å²) in [7, 11) is 0. The second-order valence-corrected chi connectivity index (χ2v) is 10.3. The van der Waals surface area contributed by atoms with Crippen LogP contribution in [0.2, 0.25) is 0 Å². The molecule has 3 aromatic heterocycles. The van der Waals surface area contributed by atoms with E-state index in [-0.39, 0.29) is 11.8 Å². The number of aromatic amines is 1. The molecule has 0 bridgehead atoms. The van der Waals surface area contributed by atoms with Crippen molar-refractivity contribution in [1.29, 1.82) is 0 Å². The SMILES string of the molecule is CC1CCc2nc(NC(=O)[C@H](Cc3c[nH]c4ccccc34)NC(=O)c3cccs3)sc2C1. The van der Waals surface area contributed by atoms with E-state index in [2.05, 4.69) is 27.5 Å². The molecule has 0 aliphatic heterocycles. The van der Waals surface area contributed by atoms with Gasteiger partial charge in [0.05, 0.1) is 10.6 Å². The van der Waals surface area contributed by atoms with Gasteiger partial charge in [-0.3, -0.25) is 9.59 Å². The molecule has 1 unspecified atom stereocenters. The Morgan fingerprint density at radius 1 is 1.25 bits per heavy atom. The summed E-state index contributed by atoms with van der Waals surface area (Å²) in [5.41, 5.74) is 3.09. The Kier molecular flexibility index (Phi) is 5.80. The second-order valence-electron chi connectivity index (χ2n) is 8.29. The largest absolute Gasteiger partial charge is 0.361 e. The van der Waals surface area contributed by atoms with Crippen LogP contribution in [-0.4, -0.2) is 27.8 Å². The van der Waals surface area contributed by atoms with Crippen molar-refractivity contribution in [3.05, 3.63) is 69.0 Å². The average molecular weight is 465 g/mol. The lowest BCUT2D eigenvalue weighted by atomic mass is 9.93. The lowest BCUT2D eigenvalue weighted by Gasteiger charge is -2.17. The molecule has 4 aromatic rings. The fraction of sp³-hybridized carbons (Fsp3) is 0.292. The van der Waals surface area contributed by atoms with Crippen LogP contribution in [0.15, 0.2) is 48.0 Å². The number of carbonyl (C=O) groups excluding carboxylic acids is 2. The maximum Gasteiger partial charge on any atom is 0.262 e. The van der Waals surface area contributed by atoms with Gasteiger partial charge in [0, 0.05) is 28.4 Å². The first kappa shape index (κ1) is 20.9. The summed E-state index contributed by atoms with van der Waals surface area (Å²) >= 11 is 2.91. The summed E-state index contributed by atoms with van der Waals surface area (Å²) in [6.45, 7) is 2.25. The molecular formula is C24H24N4O2S2. The number of aromatic nitrogens is 2. The van der Waals surface area contributed by atoms with Crippen LogP contribution in [-0.2, 0) is 24.1 Å². The monoisotopic (exact) mass is 464 g/mol. The number of benzene rings is 1. The predicted octanol–water partition coefficient (Wildman–Crippen LogP) is 4.79. The topological polar surface area (TPSA) is 86.9 Å². The van der Waals surface area contributed by atoms with E-state index in [1.165, 1.54) is 16.2 Å². The van der Waals surface area contributed by atoms with Gasteiger partial charge in [0.25, 0.3) is 5.91 Å². The van der Waals surface area contributed by atoms with Crippen LogP contribution in [0, 0.1) is 5.92 Å². The summed E-state index contributed by atoms with van der Waals surface area (Å²) < 4.78 is 0. The van der Waals surface area contributed by atoms with Gasteiger partial charge in [-0.05, 0) is 48.3 Å². The zero-order valence-corrected chi connectivity index (χ0v) is 19.3. The number of thiazole rings is 1. The first-order valence-corrected chi connectivity index (χ1v) is 12.4. The van der Waals surface area contributed by atoms with Crippen LogP contribution in [0.4, 0.5) is 5.13 Å². The summed E-state index contributed by atoms with van der Waals surface area (Å²) in [6.07, 6.45) is 5.39. The van der Waals surface area contributed by atoms with E-state index in [0.717, 1.165) is 41.4 Å². The first-order chi connectivity index (χ1) is 15.6. The molecule has 0 saturated carbocycles. The van der Waals surface area contributed by atoms with Crippen LogP contribution in [0.1, 0.15) is 39.2 Å². The summed E-state index contributed by atoms with van der Waals surface area (Å²) in [6, 6.07) is 10.8. The molecule has 1 aliphatic carbocycles. The van der Waals surface area contributed by atoms with Crippen LogP contribution in [0.25, 0.3) is 10.9 Å². The molecule has 2 atom stereocenters. The number of nitrogens with one attached hydrogen (secondary N) is 3. The van der Waals surface area contributed by atoms with Gasteiger partial charge in [-0.25, -0.2) is 4.98 Å². The molecule has 1 aliphatic rings. The Morgan fingerprint density at radius 2 is 2.12 bits per heavy atom. The smallest absolute Gasteiger partial charge is 0.262 e. The summed E-state index contributed by atoms with van der Waals surface area (Å²) in [5.74, 6) is 0.151. The average Bonchev–Trinajstić information content (AvgIpc) is 3.53. The van der Waals surface area contributed by atoms with Crippen molar-refractivity contribution in [3.63, 3.8) is 0 Å². The van der Waals surface area contributed by atoms with Crippen molar-refractivity contribution < 1.29 is 9.59 Å². The molecule has 0 fully saturated rings. The predicted molar refractivity (Wildman–Crippen MR) is 130 cm³/mol. The van der Waals surface area contributed by atoms with Crippen molar-refractivity contribution in [2.75, 3.05) is 5.32 Å². The van der Waals surface area contributed by atoms with Gasteiger partial charge in [0.15, 0.2) is 5.13 Å². The van der Waals surface area contributed by atoms with E-state index in [4.69, 9.17) is 0 Å². The van der Waals surface area contributed by atoms with Gasteiger partial charge in [-0.15, -0.1) is 22.7 Å². The number of carbonyl (C=O) groups is 2. The number of thiophene rings is 1. The Labute approximate surface area is 194 Å². The minimum Gasteiger partial charge on any atom is -0.361 e. The van der Waals surface area contributed by atoms with E-state index in [9.17, 15) is 9.59 Å². The van der Waals surface area contributed by atoms with Gasteiger partial charge in [-0.2, -0.15) is 0 Å². The Balaban J connectivity index is 1.38. The number of para-hydroxylation sites is 1. The number of amides is 2. The fourth-order valence-corrected chi connectivity index (χ4v) is 5.95. The number of fused-ring (bicyclic) bond motifs is 2. The fourth-order valence-electron chi connectivity index (χ4n) is 4.15. The standard InChI is InChI=1S/C24H24N4O2S2/c1-14-8-9-18-21(11-14)32-24(27-18)28-22(29)19(26-23(30)20-7-4-10-31-20)12-15-13-25-17-6-3-2-5-16(15)17/h2-7,10,13-14,19,25H,8-9,11-12H2,1H3,(H,26,30)(H,27,28,29)/t14?,19-/m0/s1. The lowest BCUT2D eigenvalue weighted by molar-refractivity contribution is -0.118. The van der Waals surface area contributed by atoms with E-state index in [1.807, 2.05) is 41.9 Å². The lowest BCUT2D eigenvalue weighted by Crippen LogP contribution is -2.45. The molecule has 3 heterocycles. The number of anilines is 1. The number of nitrogens with zero attached hydrogens (tertiary/aromatic N) is 1. The molecule has 8 heteroatoms. The van der Waals surface area contributed by atoms with E-state index in [1.54, 1.807) is 17.4 Å². The molecule has 3 N–H and O–H groups in total. The van der Waals surface area contributed by atoms with Crippen LogP contribution >= 0.6 is 22.7 Å². The maximum atomic E-state index is 13.3. The molecule has 6 nitrogen and oxygen atoms in total. The van der Waals surface area contributed by atoms with Crippen LogP contribution in [0.5, 0.6) is 0 Å². The molecule has 2 amide bonds. The highest BCUT2D eigenvalue weighted by atomic mass is 32.1. The molecule has 1 aromatic carbocycles. The minimum atomic E-state index is -0.719. The molecule has 164 valence electrons. The van der Waals surface area contributed by atoms with E-state index >= 15 is 0 Å². The highest BCUT2D eigenvalue weighted by molar-refractivity contribution is 7.15. The zero-order valence-electron chi connectivity index (χ0n) is 17.7. The van der Waals surface area contributed by atoms with Crippen LogP contribution in [0.3, 0.4) is 0 Å². The molecule has 0 saturated heterocycles. The Bertz CT molecular complexity index is 1260. The Hall–Kier alpha value is -2.97. The number of rotatable bonds is 6. The quantitative estimate of drug-likeness (QED) is 0.383. The second kappa shape index (κ2) is 8.88. The van der Waals surface area contributed by atoms with Crippen molar-refractivity contribution in [2.24, 2.45) is 5.92 Å².